The van der Waals surface area contributed by atoms with Crippen LogP contribution in [0.5, 0.6) is 0 Å². The molecule has 0 unspecified atom stereocenters. The van der Waals surface area contributed by atoms with E-state index in [4.69, 9.17) is 5.11 Å². The number of sulfone groups is 1. The Morgan fingerprint density at radius 2 is 1.96 bits per heavy atom. The fourth-order valence-corrected chi connectivity index (χ4v) is 3.98. The highest BCUT2D eigenvalue weighted by molar-refractivity contribution is 7.90. The van der Waals surface area contributed by atoms with Gasteiger partial charge in [-0.25, -0.2) is 18.2 Å². The Labute approximate surface area is 153 Å². The van der Waals surface area contributed by atoms with Crippen molar-refractivity contribution in [3.8, 4) is 0 Å². The van der Waals surface area contributed by atoms with E-state index in [1.807, 2.05) is 0 Å². The fourth-order valence-electron chi connectivity index (χ4n) is 3.13. The lowest BCUT2D eigenvalue weighted by atomic mass is 10.1. The predicted octanol–water partition coefficient (Wildman–Crippen LogP) is 2.39. The highest BCUT2D eigenvalue weighted by atomic mass is 32.2. The van der Waals surface area contributed by atoms with Crippen LogP contribution in [0.4, 0.5) is 18.0 Å². The van der Waals surface area contributed by atoms with Crippen LogP contribution in [0.2, 0.25) is 0 Å². The van der Waals surface area contributed by atoms with Crippen molar-refractivity contribution in [1.82, 2.24) is 14.5 Å². The van der Waals surface area contributed by atoms with Crippen LogP contribution in [0, 0.1) is 0 Å². The second-order valence-electron chi connectivity index (χ2n) is 6.26. The Morgan fingerprint density at radius 3 is 2.56 bits per heavy atom. The van der Waals surface area contributed by atoms with Gasteiger partial charge in [-0.2, -0.15) is 13.2 Å². The van der Waals surface area contributed by atoms with Crippen molar-refractivity contribution in [2.45, 2.75) is 30.8 Å². The van der Waals surface area contributed by atoms with Crippen LogP contribution in [0.3, 0.4) is 0 Å². The van der Waals surface area contributed by atoms with Crippen LogP contribution >= 0.6 is 0 Å². The summed E-state index contributed by atoms with van der Waals surface area (Å²) in [5, 5.41) is 8.74. The molecule has 7 nitrogen and oxygen atoms in total. The Bertz CT molecular complexity index is 999. The van der Waals surface area contributed by atoms with Gasteiger partial charge in [-0.3, -0.25) is 0 Å². The number of carboxylic acid groups (broad SMARTS) is 1. The van der Waals surface area contributed by atoms with Gasteiger partial charge in [0.25, 0.3) is 0 Å². The van der Waals surface area contributed by atoms with Gasteiger partial charge in [0.1, 0.15) is 0 Å². The molecule has 146 valence electrons. The van der Waals surface area contributed by atoms with Crippen LogP contribution in [-0.4, -0.2) is 46.9 Å². The number of alkyl halides is 3. The third-order valence-electron chi connectivity index (χ3n) is 4.33. The Balaban J connectivity index is 2.11. The minimum absolute atomic E-state index is 0.0873. The van der Waals surface area contributed by atoms with Crippen LogP contribution < -0.4 is 0 Å². The number of rotatable bonds is 3. The van der Waals surface area contributed by atoms with E-state index in [0.29, 0.717) is 5.69 Å². The number of hydrogen-bond donors (Lipinski definition) is 1. The molecule has 1 aromatic heterocycles. The van der Waals surface area contributed by atoms with Gasteiger partial charge in [-0.15, -0.1) is 0 Å². The Morgan fingerprint density at radius 1 is 1.30 bits per heavy atom. The van der Waals surface area contributed by atoms with Crippen LogP contribution in [0.15, 0.2) is 29.4 Å². The third kappa shape index (κ3) is 3.77. The Kier molecular flexibility index (Phi) is 4.66. The summed E-state index contributed by atoms with van der Waals surface area (Å²) >= 11 is 0. The van der Waals surface area contributed by atoms with Crippen LogP contribution in [0.25, 0.3) is 0 Å². The smallest absolute Gasteiger partial charge is 0.416 e. The number of benzene rings is 1. The lowest BCUT2D eigenvalue weighted by molar-refractivity contribution is -0.138. The summed E-state index contributed by atoms with van der Waals surface area (Å²) in [5.41, 5.74) is -0.260. The molecular weight excluding hydrogens is 387 g/mol. The van der Waals surface area contributed by atoms with Crippen molar-refractivity contribution in [3.63, 3.8) is 0 Å². The normalized spacial score (nSPS) is 14.9. The summed E-state index contributed by atoms with van der Waals surface area (Å²) < 4.78 is 65.3. The van der Waals surface area contributed by atoms with E-state index >= 15 is 0 Å². The van der Waals surface area contributed by atoms with Crippen molar-refractivity contribution in [2.75, 3.05) is 12.8 Å². The van der Waals surface area contributed by atoms with Gasteiger partial charge in [0.15, 0.2) is 0 Å². The number of imidazole rings is 1. The summed E-state index contributed by atoms with van der Waals surface area (Å²) in [6.07, 6.45) is -4.67. The van der Waals surface area contributed by atoms with E-state index < -0.39 is 27.7 Å². The zero-order chi connectivity index (χ0) is 20.0. The maximum absolute atomic E-state index is 13.3. The molecular formula is C16H16F3N3O4S. The van der Waals surface area contributed by atoms with E-state index in [1.165, 1.54) is 22.8 Å². The topological polar surface area (TPSA) is 92.5 Å². The summed E-state index contributed by atoms with van der Waals surface area (Å²) in [5.74, 6) is 0. The number of fused-ring (bicyclic) bond motifs is 1. The highest BCUT2D eigenvalue weighted by Gasteiger charge is 2.34. The van der Waals surface area contributed by atoms with Gasteiger partial charge in [-0.1, -0.05) is 18.2 Å². The number of nitrogens with zero attached hydrogens (tertiary/aromatic N) is 3. The van der Waals surface area contributed by atoms with Gasteiger partial charge in [0, 0.05) is 24.9 Å². The highest BCUT2D eigenvalue weighted by Crippen LogP contribution is 2.33. The summed E-state index contributed by atoms with van der Waals surface area (Å²) in [4.78, 5) is 16.3. The number of halogens is 3. The molecule has 0 atom stereocenters. The van der Waals surface area contributed by atoms with Crippen molar-refractivity contribution < 1.29 is 31.5 Å². The van der Waals surface area contributed by atoms with Gasteiger partial charge < -0.3 is 14.6 Å². The lowest BCUT2D eigenvalue weighted by Crippen LogP contribution is -2.35. The minimum atomic E-state index is -4.58. The molecule has 0 saturated heterocycles. The average Bonchev–Trinajstić information content (AvgIpc) is 2.92. The maximum atomic E-state index is 13.3. The first-order valence-electron chi connectivity index (χ1n) is 7.90. The number of aromatic nitrogens is 2. The first kappa shape index (κ1) is 19.2. The fraction of sp³-hybridized carbons (Fsp3) is 0.375. The van der Waals surface area contributed by atoms with E-state index in [0.717, 1.165) is 17.2 Å². The van der Waals surface area contributed by atoms with Gasteiger partial charge >= 0.3 is 12.3 Å². The molecule has 3 rings (SSSR count). The monoisotopic (exact) mass is 403 g/mol. The van der Waals surface area contributed by atoms with E-state index in [-0.39, 0.29) is 42.5 Å². The van der Waals surface area contributed by atoms with Gasteiger partial charge in [0.2, 0.25) is 15.0 Å². The molecule has 1 aliphatic rings. The molecule has 1 aromatic carbocycles. The molecule has 1 aliphatic heterocycles. The largest absolute Gasteiger partial charge is 0.465 e. The molecule has 0 bridgehead atoms. The van der Waals surface area contributed by atoms with E-state index in [2.05, 4.69) is 4.98 Å². The van der Waals surface area contributed by atoms with E-state index in [1.54, 1.807) is 0 Å². The first-order valence-corrected chi connectivity index (χ1v) is 9.79. The molecule has 0 fully saturated rings. The molecule has 11 heteroatoms. The molecule has 2 heterocycles. The quantitative estimate of drug-likeness (QED) is 0.850. The second kappa shape index (κ2) is 6.55. The van der Waals surface area contributed by atoms with Crippen molar-refractivity contribution in [1.29, 1.82) is 0 Å². The predicted molar refractivity (Wildman–Crippen MR) is 88.0 cm³/mol. The van der Waals surface area contributed by atoms with E-state index in [9.17, 15) is 26.4 Å². The summed E-state index contributed by atoms with van der Waals surface area (Å²) in [6, 6.07) is 4.93. The van der Waals surface area contributed by atoms with Crippen molar-refractivity contribution in [2.24, 2.45) is 0 Å². The summed E-state index contributed by atoms with van der Waals surface area (Å²) in [7, 11) is -3.83. The van der Waals surface area contributed by atoms with Crippen molar-refractivity contribution >= 4 is 15.9 Å². The van der Waals surface area contributed by atoms with Crippen LogP contribution in [-0.2, 0) is 35.5 Å². The standard InChI is InChI=1S/C16H16F3N3O4S/c1-27(25,26)14-20-12-9-21(15(23)24)7-6-13(12)22(14)8-10-4-2-3-5-11(10)16(17,18)19/h2-5H,6-9H2,1H3,(H,23,24). The lowest BCUT2D eigenvalue weighted by Gasteiger charge is -2.24. The molecule has 0 spiro atoms. The molecule has 0 aliphatic carbocycles. The number of carbonyl (C=O) groups is 1. The molecule has 0 saturated carbocycles. The Hall–Kier alpha value is -2.56. The minimum Gasteiger partial charge on any atom is -0.465 e. The zero-order valence-corrected chi connectivity index (χ0v) is 15.0. The number of amides is 1. The maximum Gasteiger partial charge on any atom is 0.416 e. The average molecular weight is 403 g/mol. The van der Waals surface area contributed by atoms with Gasteiger partial charge in [0.05, 0.1) is 24.3 Å². The number of hydrogen-bond acceptors (Lipinski definition) is 4. The molecule has 2 aromatic rings. The zero-order valence-electron chi connectivity index (χ0n) is 14.2. The molecule has 1 N–H and O–H groups in total. The SMILES string of the molecule is CS(=O)(=O)c1nc2c(n1Cc1ccccc1C(F)(F)F)CCN(C(=O)O)C2. The first-order chi connectivity index (χ1) is 12.5. The second-order valence-corrected chi connectivity index (χ2v) is 8.16. The van der Waals surface area contributed by atoms with Gasteiger partial charge in [-0.05, 0) is 11.6 Å². The molecule has 1 amide bonds. The third-order valence-corrected chi connectivity index (χ3v) is 5.31. The summed E-state index contributed by atoms with van der Waals surface area (Å²) in [6.45, 7) is -0.327. The molecule has 27 heavy (non-hydrogen) atoms. The molecule has 0 radical (unpaired) electrons. The van der Waals surface area contributed by atoms with Crippen molar-refractivity contribution in [3.05, 3.63) is 46.8 Å². The van der Waals surface area contributed by atoms with Crippen LogP contribution in [0.1, 0.15) is 22.5 Å².